The van der Waals surface area contributed by atoms with Crippen LogP contribution in [-0.2, 0) is 14.3 Å². The van der Waals surface area contributed by atoms with Crippen LogP contribution in [0.1, 0.15) is 69.3 Å². The van der Waals surface area contributed by atoms with Crippen LogP contribution in [-0.4, -0.2) is 35.4 Å². The molecule has 0 aliphatic carbocycles. The van der Waals surface area contributed by atoms with Gasteiger partial charge in [-0.15, -0.1) is 0 Å². The smallest absolute Gasteiger partial charge is 0.338 e. The van der Waals surface area contributed by atoms with Crippen molar-refractivity contribution in [1.29, 1.82) is 0 Å². The Labute approximate surface area is 237 Å². The number of aromatic nitrogens is 2. The van der Waals surface area contributed by atoms with Crippen LogP contribution in [0.15, 0.2) is 75.8 Å². The van der Waals surface area contributed by atoms with E-state index in [0.717, 1.165) is 22.0 Å². The Hall–Kier alpha value is -3.75. The number of allylic oxidation sites excluding steroid dienone is 1. The van der Waals surface area contributed by atoms with Gasteiger partial charge < -0.3 is 14.0 Å². The SMILES string of the molecule is COCCOC(=O)C1=C(C)N=c2sc(=Cc3cn(C(C)C)c4ccccc34)c(=O)n2C1c1ccc(C(C)C)cc1. The van der Waals surface area contributed by atoms with Gasteiger partial charge in [0, 0.05) is 35.8 Å². The summed E-state index contributed by atoms with van der Waals surface area (Å²) in [5.41, 5.74) is 4.84. The minimum absolute atomic E-state index is 0.120. The number of benzene rings is 2. The fourth-order valence-electron chi connectivity index (χ4n) is 5.17. The van der Waals surface area contributed by atoms with Gasteiger partial charge in [-0.1, -0.05) is 67.6 Å². The van der Waals surface area contributed by atoms with E-state index in [4.69, 9.17) is 14.5 Å². The number of carbonyl (C=O) groups excluding carboxylic acids is 1. The molecule has 0 saturated heterocycles. The third-order valence-electron chi connectivity index (χ3n) is 7.30. The number of carbonyl (C=O) groups is 1. The summed E-state index contributed by atoms with van der Waals surface area (Å²) in [4.78, 5) is 32.7. The molecule has 0 radical (unpaired) electrons. The minimum atomic E-state index is -0.647. The van der Waals surface area contributed by atoms with Crippen molar-refractivity contribution >= 4 is 34.3 Å². The fourth-order valence-corrected chi connectivity index (χ4v) is 6.21. The molecule has 7 nitrogen and oxygen atoms in total. The quantitative estimate of drug-likeness (QED) is 0.224. The highest BCUT2D eigenvalue weighted by Crippen LogP contribution is 2.32. The van der Waals surface area contributed by atoms with Crippen molar-refractivity contribution in [1.82, 2.24) is 9.13 Å². The van der Waals surface area contributed by atoms with Crippen molar-refractivity contribution in [2.75, 3.05) is 20.3 Å². The van der Waals surface area contributed by atoms with E-state index in [0.29, 0.717) is 26.5 Å². The molecule has 208 valence electrons. The molecule has 0 N–H and O–H groups in total. The second kappa shape index (κ2) is 11.4. The summed E-state index contributed by atoms with van der Waals surface area (Å²) in [6.07, 6.45) is 4.04. The monoisotopic (exact) mass is 557 g/mol. The molecule has 0 bridgehead atoms. The van der Waals surface area contributed by atoms with Crippen LogP contribution in [0.3, 0.4) is 0 Å². The topological polar surface area (TPSA) is 74.8 Å². The number of hydrogen-bond donors (Lipinski definition) is 0. The van der Waals surface area contributed by atoms with Gasteiger partial charge in [-0.05, 0) is 50.0 Å². The highest BCUT2D eigenvalue weighted by Gasteiger charge is 2.33. The summed E-state index contributed by atoms with van der Waals surface area (Å²) in [5.74, 6) is -0.134. The van der Waals surface area contributed by atoms with E-state index in [2.05, 4.69) is 62.7 Å². The number of methoxy groups -OCH3 is 1. The highest BCUT2D eigenvalue weighted by molar-refractivity contribution is 7.07. The normalized spacial score (nSPS) is 15.7. The Balaban J connectivity index is 1.69. The molecule has 2 aromatic carbocycles. The van der Waals surface area contributed by atoms with E-state index in [-0.39, 0.29) is 24.8 Å². The summed E-state index contributed by atoms with van der Waals surface area (Å²) >= 11 is 1.34. The molecule has 2 aromatic heterocycles. The first-order valence-electron chi connectivity index (χ1n) is 13.6. The second-order valence-electron chi connectivity index (χ2n) is 10.6. The molecule has 1 atom stereocenters. The zero-order valence-corrected chi connectivity index (χ0v) is 24.6. The zero-order chi connectivity index (χ0) is 28.6. The van der Waals surface area contributed by atoms with Gasteiger partial charge in [0.25, 0.3) is 5.56 Å². The Kier molecular flexibility index (Phi) is 7.92. The molecular formula is C32H35N3O4S. The van der Waals surface area contributed by atoms with E-state index < -0.39 is 12.0 Å². The molecule has 0 saturated carbocycles. The van der Waals surface area contributed by atoms with Gasteiger partial charge in [0.2, 0.25) is 0 Å². The number of fused-ring (bicyclic) bond motifs is 2. The summed E-state index contributed by atoms with van der Waals surface area (Å²) in [5, 5.41) is 1.08. The van der Waals surface area contributed by atoms with E-state index in [1.165, 1.54) is 16.9 Å². The molecule has 0 amide bonds. The van der Waals surface area contributed by atoms with Crippen molar-refractivity contribution in [3.05, 3.63) is 102 Å². The lowest BCUT2D eigenvalue weighted by Crippen LogP contribution is -2.40. The van der Waals surface area contributed by atoms with E-state index >= 15 is 0 Å². The van der Waals surface area contributed by atoms with Crippen molar-refractivity contribution in [2.24, 2.45) is 4.99 Å². The number of esters is 1. The molecule has 8 heteroatoms. The van der Waals surface area contributed by atoms with Gasteiger partial charge in [0.05, 0.1) is 28.5 Å². The Morgan fingerprint density at radius 3 is 2.48 bits per heavy atom. The van der Waals surface area contributed by atoms with Crippen LogP contribution < -0.4 is 14.9 Å². The van der Waals surface area contributed by atoms with Gasteiger partial charge in [-0.3, -0.25) is 9.36 Å². The summed E-state index contributed by atoms with van der Waals surface area (Å²) < 4.78 is 15.0. The first-order chi connectivity index (χ1) is 19.2. The third kappa shape index (κ3) is 5.09. The predicted octanol–water partition coefficient (Wildman–Crippen LogP) is 5.08. The van der Waals surface area contributed by atoms with Gasteiger partial charge in [-0.2, -0.15) is 0 Å². The molecule has 1 aliphatic rings. The maximum absolute atomic E-state index is 14.1. The lowest BCUT2D eigenvalue weighted by atomic mass is 9.93. The molecule has 4 aromatic rings. The maximum Gasteiger partial charge on any atom is 0.338 e. The van der Waals surface area contributed by atoms with E-state index in [1.54, 1.807) is 18.6 Å². The molecule has 3 heterocycles. The lowest BCUT2D eigenvalue weighted by Gasteiger charge is -2.25. The molecular weight excluding hydrogens is 522 g/mol. The van der Waals surface area contributed by atoms with Gasteiger partial charge in [-0.25, -0.2) is 9.79 Å². The summed E-state index contributed by atoms with van der Waals surface area (Å²) in [7, 11) is 1.56. The minimum Gasteiger partial charge on any atom is -0.460 e. The number of ether oxygens (including phenoxy) is 2. The number of rotatable bonds is 8. The van der Waals surface area contributed by atoms with Crippen LogP contribution in [0.2, 0.25) is 0 Å². The number of hydrogen-bond acceptors (Lipinski definition) is 6. The fraction of sp³-hybridized carbons (Fsp3) is 0.344. The third-order valence-corrected chi connectivity index (χ3v) is 8.28. The van der Waals surface area contributed by atoms with Crippen LogP contribution >= 0.6 is 11.3 Å². The molecule has 40 heavy (non-hydrogen) atoms. The zero-order valence-electron chi connectivity index (χ0n) is 23.8. The van der Waals surface area contributed by atoms with Crippen LogP contribution in [0.25, 0.3) is 17.0 Å². The van der Waals surface area contributed by atoms with Crippen LogP contribution in [0, 0.1) is 0 Å². The van der Waals surface area contributed by atoms with Gasteiger partial charge in [0.1, 0.15) is 6.61 Å². The molecule has 5 rings (SSSR count). The van der Waals surface area contributed by atoms with Crippen molar-refractivity contribution < 1.29 is 14.3 Å². The van der Waals surface area contributed by atoms with Crippen LogP contribution in [0.5, 0.6) is 0 Å². The Morgan fingerprint density at radius 1 is 1.07 bits per heavy atom. The van der Waals surface area contributed by atoms with E-state index in [1.807, 2.05) is 30.3 Å². The highest BCUT2D eigenvalue weighted by atomic mass is 32.1. The maximum atomic E-state index is 14.1. The average Bonchev–Trinajstić information content (AvgIpc) is 3.45. The number of nitrogens with zero attached hydrogens (tertiary/aromatic N) is 3. The largest absolute Gasteiger partial charge is 0.460 e. The summed E-state index contributed by atoms with van der Waals surface area (Å²) in [6.45, 7) is 10.8. The molecule has 0 fully saturated rings. The van der Waals surface area contributed by atoms with Gasteiger partial charge in [0.15, 0.2) is 4.80 Å². The van der Waals surface area contributed by atoms with Crippen molar-refractivity contribution in [3.8, 4) is 0 Å². The van der Waals surface area contributed by atoms with Crippen LogP contribution in [0.4, 0.5) is 0 Å². The van der Waals surface area contributed by atoms with Crippen molar-refractivity contribution in [2.45, 2.75) is 52.6 Å². The molecule has 0 spiro atoms. The first kappa shape index (κ1) is 27.8. The lowest BCUT2D eigenvalue weighted by molar-refractivity contribution is -0.140. The average molecular weight is 558 g/mol. The van der Waals surface area contributed by atoms with Gasteiger partial charge >= 0.3 is 5.97 Å². The van der Waals surface area contributed by atoms with Crippen molar-refractivity contribution in [3.63, 3.8) is 0 Å². The number of thiazole rings is 1. The molecule has 1 aliphatic heterocycles. The Bertz CT molecular complexity index is 1770. The number of para-hydroxylation sites is 1. The Morgan fingerprint density at radius 2 is 1.80 bits per heavy atom. The molecule has 1 unspecified atom stereocenters. The van der Waals surface area contributed by atoms with E-state index in [9.17, 15) is 9.59 Å². The second-order valence-corrected chi connectivity index (χ2v) is 11.6. The first-order valence-corrected chi connectivity index (χ1v) is 14.4. The standard InChI is InChI=1S/C32H35N3O4S/c1-19(2)22-11-13-23(14-12-22)29-28(31(37)39-16-15-38-6)21(5)33-32-35(29)30(36)27(40-32)17-24-18-34(20(3)4)26-10-8-7-9-25(24)26/h7-14,17-20,29H,15-16H2,1-6H3. The summed E-state index contributed by atoms with van der Waals surface area (Å²) in [6, 6.07) is 15.9. The predicted molar refractivity (Wildman–Crippen MR) is 159 cm³/mol.